The van der Waals surface area contributed by atoms with Crippen LogP contribution in [0.4, 0.5) is 8.78 Å². The standard InChI is InChI=1S/C20H17F2N3OS/c21-13-5-6-15(22)14(11-13)19-7-8-25(9-10-27-19)20(26)18-12-23-16-3-1-2-4-17(16)24-18/h1-6,11-12,19H,7-10H2. The SMILES string of the molecule is O=C(c1cnc2ccccc2n1)N1CCSC(c2cc(F)ccc2F)CC1. The van der Waals surface area contributed by atoms with E-state index in [2.05, 4.69) is 9.97 Å². The molecule has 1 aliphatic heterocycles. The molecule has 2 heterocycles. The van der Waals surface area contributed by atoms with Gasteiger partial charge in [-0.2, -0.15) is 11.8 Å². The fourth-order valence-electron chi connectivity index (χ4n) is 3.21. The Morgan fingerprint density at radius 2 is 1.93 bits per heavy atom. The quantitative estimate of drug-likeness (QED) is 0.662. The van der Waals surface area contributed by atoms with Crippen LogP contribution in [0.2, 0.25) is 0 Å². The summed E-state index contributed by atoms with van der Waals surface area (Å²) < 4.78 is 27.6. The number of hydrogen-bond donors (Lipinski definition) is 0. The molecule has 1 aliphatic rings. The molecule has 0 saturated carbocycles. The Labute approximate surface area is 159 Å². The average molecular weight is 385 g/mol. The van der Waals surface area contributed by atoms with Gasteiger partial charge in [0.25, 0.3) is 5.91 Å². The van der Waals surface area contributed by atoms with Crippen LogP contribution in [-0.2, 0) is 0 Å². The second-order valence-corrected chi connectivity index (χ2v) is 7.66. The Hall–Kier alpha value is -2.54. The lowest BCUT2D eigenvalue weighted by Gasteiger charge is -2.20. The lowest BCUT2D eigenvalue weighted by molar-refractivity contribution is 0.0760. The first kappa shape index (κ1) is 17.9. The summed E-state index contributed by atoms with van der Waals surface area (Å²) in [4.78, 5) is 23.3. The van der Waals surface area contributed by atoms with Crippen molar-refractivity contribution in [2.75, 3.05) is 18.8 Å². The number of rotatable bonds is 2. The van der Waals surface area contributed by atoms with Crippen LogP contribution in [0.15, 0.2) is 48.7 Å². The van der Waals surface area contributed by atoms with Crippen LogP contribution in [0, 0.1) is 11.6 Å². The van der Waals surface area contributed by atoms with Crippen molar-refractivity contribution >= 4 is 28.7 Å². The predicted molar refractivity (Wildman–Crippen MR) is 102 cm³/mol. The van der Waals surface area contributed by atoms with Crippen molar-refractivity contribution in [1.82, 2.24) is 14.9 Å². The number of aromatic nitrogens is 2. The molecule has 0 spiro atoms. The third-order valence-corrected chi connectivity index (χ3v) is 5.91. The van der Waals surface area contributed by atoms with E-state index in [1.54, 1.807) is 16.7 Å². The molecule has 0 N–H and O–H groups in total. The van der Waals surface area contributed by atoms with Gasteiger partial charge in [0.1, 0.15) is 17.3 Å². The molecule has 7 heteroatoms. The summed E-state index contributed by atoms with van der Waals surface area (Å²) in [6, 6.07) is 10.9. The molecule has 1 atom stereocenters. The first-order valence-electron chi connectivity index (χ1n) is 8.69. The molecule has 1 aromatic heterocycles. The van der Waals surface area contributed by atoms with Gasteiger partial charge in [0.05, 0.1) is 17.2 Å². The molecule has 1 fully saturated rings. The van der Waals surface area contributed by atoms with Crippen LogP contribution in [0.3, 0.4) is 0 Å². The van der Waals surface area contributed by atoms with Crippen molar-refractivity contribution in [3.05, 3.63) is 71.6 Å². The van der Waals surface area contributed by atoms with Gasteiger partial charge in [-0.25, -0.2) is 13.8 Å². The molecule has 1 unspecified atom stereocenters. The molecular formula is C20H17F2N3OS. The second kappa shape index (κ2) is 7.60. The summed E-state index contributed by atoms with van der Waals surface area (Å²) in [6.07, 6.45) is 2.05. The average Bonchev–Trinajstić information content (AvgIpc) is 2.95. The summed E-state index contributed by atoms with van der Waals surface area (Å²) >= 11 is 1.54. The first-order chi connectivity index (χ1) is 13.1. The Bertz CT molecular complexity index is 998. The van der Waals surface area contributed by atoms with Gasteiger partial charge in [-0.1, -0.05) is 12.1 Å². The van der Waals surface area contributed by atoms with Crippen molar-refractivity contribution < 1.29 is 13.6 Å². The van der Waals surface area contributed by atoms with Gasteiger partial charge in [-0.15, -0.1) is 0 Å². The fourth-order valence-corrected chi connectivity index (χ4v) is 4.45. The van der Waals surface area contributed by atoms with Crippen molar-refractivity contribution in [3.63, 3.8) is 0 Å². The number of carbonyl (C=O) groups is 1. The van der Waals surface area contributed by atoms with Crippen LogP contribution in [0.1, 0.15) is 27.7 Å². The highest BCUT2D eigenvalue weighted by molar-refractivity contribution is 7.99. The third kappa shape index (κ3) is 3.78. The number of nitrogens with zero attached hydrogens (tertiary/aromatic N) is 3. The molecule has 0 aliphatic carbocycles. The van der Waals surface area contributed by atoms with Gasteiger partial charge >= 0.3 is 0 Å². The van der Waals surface area contributed by atoms with Crippen LogP contribution in [-0.4, -0.2) is 39.6 Å². The number of carbonyl (C=O) groups excluding carboxylic acids is 1. The zero-order chi connectivity index (χ0) is 18.8. The van der Waals surface area contributed by atoms with Gasteiger partial charge in [0.2, 0.25) is 0 Å². The molecule has 1 saturated heterocycles. The highest BCUT2D eigenvalue weighted by Gasteiger charge is 2.25. The molecular weight excluding hydrogens is 368 g/mol. The highest BCUT2D eigenvalue weighted by atomic mass is 32.2. The van der Waals surface area contributed by atoms with E-state index in [-0.39, 0.29) is 11.2 Å². The number of para-hydroxylation sites is 2. The fraction of sp³-hybridized carbons (Fsp3) is 0.250. The van der Waals surface area contributed by atoms with E-state index in [0.717, 1.165) is 17.6 Å². The van der Waals surface area contributed by atoms with Crippen molar-refractivity contribution in [1.29, 1.82) is 0 Å². The Kier molecular flexibility index (Phi) is 5.03. The summed E-state index contributed by atoms with van der Waals surface area (Å²) in [5.74, 6) is -0.396. The summed E-state index contributed by atoms with van der Waals surface area (Å²) in [5, 5.41) is -0.179. The monoisotopic (exact) mass is 385 g/mol. The Morgan fingerprint density at radius 3 is 2.78 bits per heavy atom. The maximum absolute atomic E-state index is 14.1. The zero-order valence-electron chi connectivity index (χ0n) is 14.4. The van der Waals surface area contributed by atoms with Crippen molar-refractivity contribution in [2.45, 2.75) is 11.7 Å². The normalized spacial score (nSPS) is 17.7. The molecule has 4 rings (SSSR count). The Morgan fingerprint density at radius 1 is 1.11 bits per heavy atom. The predicted octanol–water partition coefficient (Wildman–Crippen LogP) is 4.23. The van der Waals surface area contributed by atoms with E-state index in [1.807, 2.05) is 24.3 Å². The van der Waals surface area contributed by atoms with Gasteiger partial charge in [-0.05, 0) is 36.8 Å². The highest BCUT2D eigenvalue weighted by Crippen LogP contribution is 2.36. The number of amides is 1. The molecule has 138 valence electrons. The van der Waals surface area contributed by atoms with Crippen molar-refractivity contribution in [3.8, 4) is 0 Å². The minimum absolute atomic E-state index is 0.179. The number of fused-ring (bicyclic) bond motifs is 1. The molecule has 0 radical (unpaired) electrons. The summed E-state index contributed by atoms with van der Waals surface area (Å²) in [7, 11) is 0. The molecule has 27 heavy (non-hydrogen) atoms. The largest absolute Gasteiger partial charge is 0.336 e. The first-order valence-corrected chi connectivity index (χ1v) is 9.74. The van der Waals surface area contributed by atoms with E-state index in [4.69, 9.17) is 0 Å². The van der Waals surface area contributed by atoms with Gasteiger partial charge in [0, 0.05) is 29.7 Å². The second-order valence-electron chi connectivity index (χ2n) is 6.35. The van der Waals surface area contributed by atoms with Crippen LogP contribution in [0.5, 0.6) is 0 Å². The number of halogens is 2. The minimum atomic E-state index is -0.449. The van der Waals surface area contributed by atoms with E-state index < -0.39 is 11.6 Å². The molecule has 2 aromatic carbocycles. The summed E-state index contributed by atoms with van der Waals surface area (Å²) in [5.41, 5.74) is 2.07. The number of thioether (sulfide) groups is 1. The lowest BCUT2D eigenvalue weighted by atomic mass is 10.1. The third-order valence-electron chi connectivity index (χ3n) is 4.60. The topological polar surface area (TPSA) is 46.1 Å². The maximum Gasteiger partial charge on any atom is 0.274 e. The van der Waals surface area contributed by atoms with E-state index in [9.17, 15) is 13.6 Å². The van der Waals surface area contributed by atoms with Gasteiger partial charge in [-0.3, -0.25) is 9.78 Å². The van der Waals surface area contributed by atoms with Gasteiger partial charge < -0.3 is 4.90 Å². The smallest absolute Gasteiger partial charge is 0.274 e. The lowest BCUT2D eigenvalue weighted by Crippen LogP contribution is -2.33. The Balaban J connectivity index is 1.51. The minimum Gasteiger partial charge on any atom is -0.336 e. The molecule has 0 bridgehead atoms. The molecule has 4 nitrogen and oxygen atoms in total. The van der Waals surface area contributed by atoms with E-state index in [0.29, 0.717) is 42.0 Å². The maximum atomic E-state index is 14.1. The van der Waals surface area contributed by atoms with E-state index >= 15 is 0 Å². The van der Waals surface area contributed by atoms with Crippen LogP contribution in [0.25, 0.3) is 11.0 Å². The molecule has 1 amide bonds. The van der Waals surface area contributed by atoms with Gasteiger partial charge in [0.15, 0.2) is 0 Å². The number of hydrogen-bond acceptors (Lipinski definition) is 4. The number of benzene rings is 2. The summed E-state index contributed by atoms with van der Waals surface area (Å²) in [6.45, 7) is 0.992. The van der Waals surface area contributed by atoms with Crippen molar-refractivity contribution in [2.24, 2.45) is 0 Å². The van der Waals surface area contributed by atoms with Crippen LogP contribution < -0.4 is 0 Å². The zero-order valence-corrected chi connectivity index (χ0v) is 15.3. The van der Waals surface area contributed by atoms with E-state index in [1.165, 1.54) is 12.3 Å². The van der Waals surface area contributed by atoms with Crippen LogP contribution >= 0.6 is 11.8 Å². The molecule has 3 aromatic rings.